The van der Waals surface area contributed by atoms with Crippen LogP contribution in [0.2, 0.25) is 0 Å². The van der Waals surface area contributed by atoms with Gasteiger partial charge < -0.3 is 10.4 Å². The van der Waals surface area contributed by atoms with Crippen molar-refractivity contribution in [2.24, 2.45) is 0 Å². The van der Waals surface area contributed by atoms with Crippen LogP contribution in [-0.4, -0.2) is 26.4 Å². The number of hydrogen-bond acceptors (Lipinski definition) is 4. The third kappa shape index (κ3) is 5.43. The van der Waals surface area contributed by atoms with Crippen LogP contribution in [0, 0.1) is 11.3 Å². The molecule has 1 aromatic rings. The Labute approximate surface area is 162 Å². The molecular weight excluding hydrogens is 480 g/mol. The molecule has 26 heavy (non-hydrogen) atoms. The number of alkyl halides is 3. The second kappa shape index (κ2) is 8.37. The van der Waals surface area contributed by atoms with E-state index in [1.165, 1.54) is 30.8 Å². The lowest BCUT2D eigenvalue weighted by Gasteiger charge is -2.22. The molecule has 1 atom stereocenters. The maximum atomic E-state index is 13.0. The summed E-state index contributed by atoms with van der Waals surface area (Å²) in [5, 5.41) is 21.4. The highest BCUT2D eigenvalue weighted by molar-refractivity contribution is 14.2. The average molecular weight is 494 g/mol. The van der Waals surface area contributed by atoms with E-state index in [0.717, 1.165) is 11.0 Å². The first-order chi connectivity index (χ1) is 12.1. The number of rotatable bonds is 5. The molecule has 0 aliphatic carbocycles. The summed E-state index contributed by atoms with van der Waals surface area (Å²) >= 11 is 1.21. The number of anilines is 1. The number of nitrogens with one attached hydrogen (secondary N) is 1. The lowest BCUT2D eigenvalue weighted by atomic mass is 10.1. The number of thioether (sulfide) groups is 1. The van der Waals surface area contributed by atoms with Crippen molar-refractivity contribution in [1.29, 1.82) is 5.26 Å². The minimum absolute atomic E-state index is 0.0452. The summed E-state index contributed by atoms with van der Waals surface area (Å²) in [6.07, 6.45) is -0.882. The molecule has 1 aromatic carbocycles. The molecule has 1 heterocycles. The van der Waals surface area contributed by atoms with Crippen molar-refractivity contribution in [2.75, 3.05) is 11.1 Å². The summed E-state index contributed by atoms with van der Waals surface area (Å²) in [6, 6.07) is 4.33. The van der Waals surface area contributed by atoms with E-state index >= 15 is 0 Å². The summed E-state index contributed by atoms with van der Waals surface area (Å²) in [7, 11) is 0. The van der Waals surface area contributed by atoms with Crippen LogP contribution >= 0.6 is 32.5 Å². The van der Waals surface area contributed by atoms with E-state index in [9.17, 15) is 23.1 Å². The number of hydrogen-bond donors (Lipinski definition) is 2. The van der Waals surface area contributed by atoms with Gasteiger partial charge in [0.05, 0.1) is 17.2 Å². The third-order valence-electron chi connectivity index (χ3n) is 3.31. The van der Waals surface area contributed by atoms with Crippen molar-refractivity contribution >= 4 is 48.1 Å². The highest BCUT2D eigenvalue weighted by Gasteiger charge is 2.35. The van der Waals surface area contributed by atoms with Gasteiger partial charge in [-0.2, -0.15) is 18.4 Å². The first kappa shape index (κ1) is 20.7. The highest BCUT2D eigenvalue weighted by atomic mass is 127. The van der Waals surface area contributed by atoms with E-state index in [0.29, 0.717) is 6.07 Å². The van der Waals surface area contributed by atoms with Gasteiger partial charge in [-0.15, -0.1) is 11.8 Å². The first-order valence-electron chi connectivity index (χ1n) is 7.23. The molecule has 9 heteroatoms. The molecule has 138 valence electrons. The molecule has 4 nitrogen and oxygen atoms in total. The van der Waals surface area contributed by atoms with Gasteiger partial charge in [0.2, 0.25) is 0 Å². The van der Waals surface area contributed by atoms with Gasteiger partial charge in [-0.25, -0.2) is 0 Å². The zero-order valence-electron chi connectivity index (χ0n) is 13.5. The molecule has 0 aromatic heterocycles. The standard InChI is InChI=1S/C17H14F3IN2O2S/c1-16(25,10-26-13-4-6-21-7-5-13)15(24)23-12-3-2-11(9-22)14(8-12)17(18,19)20/h2-8,25H,10H2,1H3,(H,23,24). The van der Waals surface area contributed by atoms with Crippen LogP contribution in [-0.2, 0) is 11.0 Å². The van der Waals surface area contributed by atoms with Gasteiger partial charge in [-0.05, 0) is 45.4 Å². The fourth-order valence-corrected chi connectivity index (χ4v) is 4.72. The van der Waals surface area contributed by atoms with Crippen LogP contribution < -0.4 is 5.32 Å². The topological polar surface area (TPSA) is 73.1 Å². The Balaban J connectivity index is 2.10. The Bertz CT molecular complexity index is 839. The van der Waals surface area contributed by atoms with Crippen LogP contribution in [0.1, 0.15) is 18.1 Å². The van der Waals surface area contributed by atoms with Crippen LogP contribution in [0.4, 0.5) is 18.9 Å². The van der Waals surface area contributed by atoms with Crippen molar-refractivity contribution in [3.05, 3.63) is 50.5 Å². The van der Waals surface area contributed by atoms with Crippen LogP contribution in [0.5, 0.6) is 0 Å². The van der Waals surface area contributed by atoms with E-state index in [1.807, 2.05) is 20.2 Å². The molecule has 2 rings (SSSR count). The van der Waals surface area contributed by atoms with Crippen LogP contribution in [0.3, 0.4) is 0 Å². The zero-order chi connectivity index (χ0) is 19.4. The summed E-state index contributed by atoms with van der Waals surface area (Å²) in [4.78, 5) is 13.2. The molecule has 1 amide bonds. The molecule has 0 saturated carbocycles. The monoisotopic (exact) mass is 494 g/mol. The van der Waals surface area contributed by atoms with Crippen LogP contribution in [0.25, 0.3) is 0 Å². The second-order valence-electron chi connectivity index (χ2n) is 5.50. The third-order valence-corrected chi connectivity index (χ3v) is 6.17. The quantitative estimate of drug-likeness (QED) is 0.603. The van der Waals surface area contributed by atoms with Crippen LogP contribution in [0.15, 0.2) is 39.3 Å². The number of allylic oxidation sites excluding steroid dienone is 2. The maximum Gasteiger partial charge on any atom is 0.417 e. The molecule has 2 N–H and O–H groups in total. The van der Waals surface area contributed by atoms with Crippen molar-refractivity contribution in [3.63, 3.8) is 0 Å². The summed E-state index contributed by atoms with van der Waals surface area (Å²) in [6.45, 7) is 1.30. The minimum atomic E-state index is -4.72. The van der Waals surface area contributed by atoms with Crippen molar-refractivity contribution in [2.45, 2.75) is 18.7 Å². The second-order valence-corrected chi connectivity index (χ2v) is 8.71. The fraction of sp³-hybridized carbons (Fsp3) is 0.235. The van der Waals surface area contributed by atoms with Gasteiger partial charge in [0, 0.05) is 16.3 Å². The minimum Gasteiger partial charge on any atom is -0.379 e. The smallest absolute Gasteiger partial charge is 0.379 e. The van der Waals surface area contributed by atoms with E-state index < -0.39 is 28.8 Å². The summed E-state index contributed by atoms with van der Waals surface area (Å²) < 4.78 is 43.0. The van der Waals surface area contributed by atoms with Gasteiger partial charge in [0.25, 0.3) is 5.91 Å². The number of halogens is 4. The Morgan fingerprint density at radius 3 is 2.73 bits per heavy atom. The Hall–Kier alpha value is -1.64. The van der Waals surface area contributed by atoms with Crippen molar-refractivity contribution in [1.82, 2.24) is 0 Å². The van der Waals surface area contributed by atoms with Gasteiger partial charge in [0.1, 0.15) is 5.60 Å². The highest BCUT2D eigenvalue weighted by Crippen LogP contribution is 2.34. The molecule has 0 spiro atoms. The van der Waals surface area contributed by atoms with E-state index in [-0.39, 0.29) is 32.2 Å². The largest absolute Gasteiger partial charge is 0.417 e. The lowest BCUT2D eigenvalue weighted by molar-refractivity contribution is -0.137. The summed E-state index contributed by atoms with van der Waals surface area (Å²) in [5.41, 5.74) is -3.59. The zero-order valence-corrected chi connectivity index (χ0v) is 16.4. The lowest BCUT2D eigenvalue weighted by Crippen LogP contribution is -2.42. The van der Waals surface area contributed by atoms with Gasteiger partial charge >= 0.3 is 6.18 Å². The molecule has 1 aliphatic heterocycles. The van der Waals surface area contributed by atoms with Gasteiger partial charge in [-0.3, -0.25) is 4.79 Å². The Morgan fingerprint density at radius 1 is 1.42 bits per heavy atom. The Morgan fingerprint density at radius 2 is 2.15 bits per heavy atom. The molecule has 1 unspecified atom stereocenters. The SMILES string of the molecule is CC(O)(CSC1=CC=IC=C1)C(=O)Nc1ccc(C#N)c(C(F)(F)F)c1. The number of nitriles is 1. The number of aliphatic hydroxyl groups is 1. The number of amides is 1. The Kier molecular flexibility index (Phi) is 6.65. The molecule has 0 fully saturated rings. The maximum absolute atomic E-state index is 13.0. The van der Waals surface area contributed by atoms with Gasteiger partial charge in [0.15, 0.2) is 0 Å². The number of benzene rings is 1. The number of carbonyl (C=O) groups is 1. The molecular formula is C17H14F3IN2O2S. The molecule has 1 aliphatic rings. The number of carbonyl (C=O) groups excluding carboxylic acids is 1. The summed E-state index contributed by atoms with van der Waals surface area (Å²) in [5.74, 6) is -0.775. The predicted octanol–water partition coefficient (Wildman–Crippen LogP) is 4.18. The van der Waals surface area contributed by atoms with Crippen molar-refractivity contribution < 1.29 is 23.1 Å². The van der Waals surface area contributed by atoms with Crippen molar-refractivity contribution in [3.8, 4) is 6.07 Å². The molecule has 0 bridgehead atoms. The van der Waals surface area contributed by atoms with Gasteiger partial charge in [-0.1, -0.05) is 20.7 Å². The molecule has 0 saturated heterocycles. The normalized spacial score (nSPS) is 16.1. The number of nitrogens with zero attached hydrogens (tertiary/aromatic N) is 1. The first-order valence-corrected chi connectivity index (χ1v) is 10.7. The van der Waals surface area contributed by atoms with E-state index in [4.69, 9.17) is 5.26 Å². The molecule has 0 radical (unpaired) electrons. The van der Waals surface area contributed by atoms with E-state index in [1.54, 1.807) is 0 Å². The fourth-order valence-electron chi connectivity index (χ4n) is 1.90. The predicted molar refractivity (Wildman–Crippen MR) is 105 cm³/mol. The average Bonchev–Trinajstić information content (AvgIpc) is 2.60. The van der Waals surface area contributed by atoms with E-state index in [2.05, 4.69) is 5.32 Å².